The van der Waals surface area contributed by atoms with Gasteiger partial charge in [-0.2, -0.15) is 0 Å². The number of aliphatic hydroxyl groups excluding tert-OH is 1. The first-order chi connectivity index (χ1) is 16.4. The first-order valence-electron chi connectivity index (χ1n) is 10.4. The van der Waals surface area contributed by atoms with Crippen LogP contribution in [0.5, 0.6) is 17.2 Å². The molecule has 0 fully saturated rings. The van der Waals surface area contributed by atoms with Crippen LogP contribution in [0.15, 0.2) is 79.4 Å². The number of hydrogen-bond acceptors (Lipinski definition) is 8. The highest BCUT2D eigenvalue weighted by Crippen LogP contribution is 2.18. The van der Waals surface area contributed by atoms with Gasteiger partial charge in [0.2, 0.25) is 0 Å². The van der Waals surface area contributed by atoms with E-state index in [9.17, 15) is 14.4 Å². The fourth-order valence-electron chi connectivity index (χ4n) is 2.45. The van der Waals surface area contributed by atoms with E-state index in [2.05, 4.69) is 13.2 Å². The largest absolute Gasteiger partial charge is 0.494 e. The lowest BCUT2D eigenvalue weighted by molar-refractivity contribution is -0.139. The van der Waals surface area contributed by atoms with Crippen molar-refractivity contribution in [1.82, 2.24) is 0 Å². The summed E-state index contributed by atoms with van der Waals surface area (Å²) in [5.74, 6) is -0.434. The van der Waals surface area contributed by atoms with Gasteiger partial charge in [0, 0.05) is 12.2 Å². The van der Waals surface area contributed by atoms with Crippen LogP contribution in [0.2, 0.25) is 0 Å². The summed E-state index contributed by atoms with van der Waals surface area (Å²) in [4.78, 5) is 34.5. The second-order valence-electron chi connectivity index (χ2n) is 6.87. The van der Waals surface area contributed by atoms with Crippen molar-refractivity contribution in [3.63, 3.8) is 0 Å². The molecule has 0 spiro atoms. The van der Waals surface area contributed by atoms with Crippen molar-refractivity contribution in [1.29, 1.82) is 0 Å². The molecule has 0 saturated heterocycles. The second-order valence-corrected chi connectivity index (χ2v) is 6.87. The molecule has 178 valence electrons. The van der Waals surface area contributed by atoms with Gasteiger partial charge in [0.1, 0.15) is 17.2 Å². The van der Waals surface area contributed by atoms with Gasteiger partial charge in [0.05, 0.1) is 25.4 Å². The number of unbranched alkanes of at least 4 members (excludes halogenated alkanes) is 1. The van der Waals surface area contributed by atoms with Crippen LogP contribution in [0.4, 0.5) is 0 Å². The zero-order valence-electron chi connectivity index (χ0n) is 18.6. The number of aliphatic hydroxyl groups is 1. The van der Waals surface area contributed by atoms with Crippen molar-refractivity contribution in [2.75, 3.05) is 19.8 Å². The maximum absolute atomic E-state index is 12.0. The molecule has 0 radical (unpaired) electrons. The topological polar surface area (TPSA) is 108 Å². The quantitative estimate of drug-likeness (QED) is 0.206. The molecule has 2 aromatic carbocycles. The molecule has 0 aliphatic heterocycles. The van der Waals surface area contributed by atoms with Crippen LogP contribution in [0.3, 0.4) is 0 Å². The minimum Gasteiger partial charge on any atom is -0.494 e. The molecule has 2 aromatic rings. The van der Waals surface area contributed by atoms with Crippen molar-refractivity contribution in [2.45, 2.75) is 12.8 Å². The molecule has 2 rings (SSSR count). The predicted molar refractivity (Wildman–Crippen MR) is 125 cm³/mol. The molecule has 0 atom stereocenters. The Morgan fingerprint density at radius 1 is 0.824 bits per heavy atom. The van der Waals surface area contributed by atoms with Crippen molar-refractivity contribution < 1.29 is 38.4 Å². The standard InChI is InChI=1S/C26H26O8/c1-3-24(28)33-22-11-13-23(14-12-22)34-25(29)15-8-20-6-9-21(10-7-20)31-16-4-5-17-32-26(30)19(2)18-27/h3,6-15,27H,1-2,4-5,16-18H2/b15-8+. The molecule has 0 aromatic heterocycles. The third kappa shape index (κ3) is 9.54. The van der Waals surface area contributed by atoms with Crippen LogP contribution in [0.1, 0.15) is 18.4 Å². The predicted octanol–water partition coefficient (Wildman–Crippen LogP) is 3.65. The molecule has 0 saturated carbocycles. The van der Waals surface area contributed by atoms with Gasteiger partial charge >= 0.3 is 17.9 Å². The molecule has 0 amide bonds. The van der Waals surface area contributed by atoms with E-state index in [0.29, 0.717) is 36.7 Å². The number of carbonyl (C=O) groups excluding carboxylic acids is 3. The smallest absolute Gasteiger partial charge is 0.336 e. The molecule has 0 bridgehead atoms. The van der Waals surface area contributed by atoms with Crippen LogP contribution in [-0.4, -0.2) is 42.8 Å². The number of ether oxygens (including phenoxy) is 4. The molecule has 34 heavy (non-hydrogen) atoms. The molecule has 8 heteroatoms. The Bertz CT molecular complexity index is 1020. The molecule has 0 unspecified atom stereocenters. The number of benzene rings is 2. The summed E-state index contributed by atoms with van der Waals surface area (Å²) < 4.78 is 20.7. The van der Waals surface area contributed by atoms with E-state index in [1.807, 2.05) is 0 Å². The van der Waals surface area contributed by atoms with E-state index in [4.69, 9.17) is 24.1 Å². The lowest BCUT2D eigenvalue weighted by Crippen LogP contribution is -2.11. The summed E-state index contributed by atoms with van der Waals surface area (Å²) in [6.07, 6.45) is 5.27. The van der Waals surface area contributed by atoms with E-state index in [1.54, 1.807) is 30.3 Å². The van der Waals surface area contributed by atoms with E-state index in [0.717, 1.165) is 11.6 Å². The van der Waals surface area contributed by atoms with E-state index < -0.39 is 24.5 Å². The lowest BCUT2D eigenvalue weighted by Gasteiger charge is -2.07. The Hall–Kier alpha value is -4.17. The van der Waals surface area contributed by atoms with E-state index >= 15 is 0 Å². The average molecular weight is 466 g/mol. The molecule has 0 heterocycles. The zero-order chi connectivity index (χ0) is 24.8. The van der Waals surface area contributed by atoms with Crippen LogP contribution >= 0.6 is 0 Å². The summed E-state index contributed by atoms with van der Waals surface area (Å²) in [7, 11) is 0. The highest BCUT2D eigenvalue weighted by Gasteiger charge is 2.06. The van der Waals surface area contributed by atoms with Gasteiger partial charge in [-0.3, -0.25) is 0 Å². The van der Waals surface area contributed by atoms with Crippen molar-refractivity contribution in [3.8, 4) is 17.2 Å². The Labute approximate surface area is 197 Å². The maximum atomic E-state index is 12.0. The summed E-state index contributed by atoms with van der Waals surface area (Å²) in [6.45, 7) is 6.97. The Kier molecular flexibility index (Phi) is 10.8. The Morgan fingerprint density at radius 3 is 1.97 bits per heavy atom. The Morgan fingerprint density at radius 2 is 1.38 bits per heavy atom. The van der Waals surface area contributed by atoms with Gasteiger partial charge in [-0.25, -0.2) is 14.4 Å². The first-order valence-corrected chi connectivity index (χ1v) is 10.4. The van der Waals surface area contributed by atoms with Crippen molar-refractivity contribution >= 4 is 24.0 Å². The van der Waals surface area contributed by atoms with Gasteiger partial charge in [-0.1, -0.05) is 25.3 Å². The molecule has 0 aliphatic carbocycles. The van der Waals surface area contributed by atoms with E-state index in [1.165, 1.54) is 30.3 Å². The van der Waals surface area contributed by atoms with Crippen LogP contribution in [-0.2, 0) is 19.1 Å². The monoisotopic (exact) mass is 466 g/mol. The van der Waals surface area contributed by atoms with Gasteiger partial charge in [0.15, 0.2) is 0 Å². The third-order valence-electron chi connectivity index (χ3n) is 4.24. The van der Waals surface area contributed by atoms with Crippen LogP contribution < -0.4 is 14.2 Å². The van der Waals surface area contributed by atoms with Crippen molar-refractivity contribution in [3.05, 3.63) is 85.0 Å². The number of rotatable bonds is 13. The summed E-state index contributed by atoms with van der Waals surface area (Å²) in [5, 5.41) is 8.79. The molecule has 8 nitrogen and oxygen atoms in total. The molecule has 0 aliphatic rings. The lowest BCUT2D eigenvalue weighted by atomic mass is 10.2. The van der Waals surface area contributed by atoms with Gasteiger partial charge in [-0.05, 0) is 60.9 Å². The number of carbonyl (C=O) groups is 3. The van der Waals surface area contributed by atoms with Gasteiger partial charge in [0.25, 0.3) is 0 Å². The van der Waals surface area contributed by atoms with E-state index in [-0.39, 0.29) is 12.2 Å². The number of hydrogen-bond donors (Lipinski definition) is 1. The van der Waals surface area contributed by atoms with Crippen LogP contribution in [0, 0.1) is 0 Å². The fraction of sp³-hybridized carbons (Fsp3) is 0.192. The first kappa shape index (κ1) is 26.1. The van der Waals surface area contributed by atoms with Gasteiger partial charge in [-0.15, -0.1) is 0 Å². The average Bonchev–Trinajstić information content (AvgIpc) is 2.85. The van der Waals surface area contributed by atoms with Gasteiger partial charge < -0.3 is 24.1 Å². The molecular formula is C26H26O8. The second kappa shape index (κ2) is 14.1. The molecular weight excluding hydrogens is 440 g/mol. The SMILES string of the molecule is C=CC(=O)Oc1ccc(OC(=O)/C=C/c2ccc(OCCCCOC(=O)C(=C)CO)cc2)cc1. The fourth-order valence-corrected chi connectivity index (χ4v) is 2.45. The summed E-state index contributed by atoms with van der Waals surface area (Å²) in [6, 6.07) is 13.2. The molecule has 1 N–H and O–H groups in total. The van der Waals surface area contributed by atoms with Crippen molar-refractivity contribution in [2.24, 2.45) is 0 Å². The highest BCUT2D eigenvalue weighted by molar-refractivity contribution is 5.89. The third-order valence-corrected chi connectivity index (χ3v) is 4.24. The van der Waals surface area contributed by atoms with Crippen LogP contribution in [0.25, 0.3) is 6.08 Å². The highest BCUT2D eigenvalue weighted by atomic mass is 16.5. The number of esters is 3. The summed E-state index contributed by atoms with van der Waals surface area (Å²) in [5.41, 5.74) is 0.813. The maximum Gasteiger partial charge on any atom is 0.336 e. The summed E-state index contributed by atoms with van der Waals surface area (Å²) >= 11 is 0. The minimum atomic E-state index is -0.597. The zero-order valence-corrected chi connectivity index (χ0v) is 18.6. The normalized spacial score (nSPS) is 10.4. The Balaban J connectivity index is 1.70. The minimum absolute atomic E-state index is 0.0288.